The first-order valence-electron chi connectivity index (χ1n) is 6.80. The van der Waals surface area contributed by atoms with Crippen LogP contribution in [-0.2, 0) is 20.7 Å². The molecular formula is C17H16N2O3. The average molecular weight is 296 g/mol. The Bertz CT molecular complexity index is 759. The van der Waals surface area contributed by atoms with Crippen molar-refractivity contribution in [3.8, 4) is 0 Å². The van der Waals surface area contributed by atoms with E-state index in [1.54, 1.807) is 6.20 Å². The zero-order chi connectivity index (χ0) is 16.2. The molecule has 1 atom stereocenters. The van der Waals surface area contributed by atoms with Crippen LogP contribution in [0.15, 0.2) is 36.5 Å². The molecule has 2 aromatic rings. The summed E-state index contributed by atoms with van der Waals surface area (Å²) in [5, 5.41) is 1.84. The summed E-state index contributed by atoms with van der Waals surface area (Å²) in [5.41, 5.74) is -0.893. The fourth-order valence-electron chi connectivity index (χ4n) is 2.51. The average Bonchev–Trinajstić information content (AvgIpc) is 2.53. The zero-order valence-electron chi connectivity index (χ0n) is 12.5. The molecular weight excluding hydrogens is 280 g/mol. The molecule has 0 fully saturated rings. The van der Waals surface area contributed by atoms with E-state index in [-0.39, 0.29) is 18.7 Å². The van der Waals surface area contributed by atoms with Crippen LogP contribution in [-0.4, -0.2) is 30.4 Å². The van der Waals surface area contributed by atoms with E-state index < -0.39 is 11.4 Å². The molecule has 0 saturated heterocycles. The van der Waals surface area contributed by atoms with Crippen LogP contribution in [0.1, 0.15) is 12.6 Å². The number of carbonyl (C=O) groups is 2. The van der Waals surface area contributed by atoms with Gasteiger partial charge in [0.05, 0.1) is 12.8 Å². The molecule has 0 aliphatic carbocycles. The van der Waals surface area contributed by atoms with Crippen molar-refractivity contribution in [2.24, 2.45) is 5.41 Å². The highest BCUT2D eigenvalue weighted by Crippen LogP contribution is 2.29. The fraction of sp³-hybridized carbons (Fsp3) is 0.294. The van der Waals surface area contributed by atoms with E-state index in [2.05, 4.69) is 9.83 Å². The van der Waals surface area contributed by atoms with Gasteiger partial charge in [-0.15, -0.1) is 0 Å². The normalized spacial score (nSPS) is 13.1. The molecule has 5 heteroatoms. The summed E-state index contributed by atoms with van der Waals surface area (Å²) in [5.74, 6) is -1.07. The highest BCUT2D eigenvalue weighted by molar-refractivity contribution is 6.04. The molecule has 22 heavy (non-hydrogen) atoms. The molecule has 1 aromatic carbocycles. The van der Waals surface area contributed by atoms with Gasteiger partial charge < -0.3 is 9.58 Å². The summed E-state index contributed by atoms with van der Waals surface area (Å²) in [6.45, 7) is 8.16. The lowest BCUT2D eigenvalue weighted by atomic mass is 9.78. The summed E-state index contributed by atoms with van der Waals surface area (Å²) in [6, 6.07) is 9.46. The van der Waals surface area contributed by atoms with Crippen molar-refractivity contribution < 1.29 is 14.3 Å². The molecule has 0 amide bonds. The topological polar surface area (TPSA) is 60.6 Å². The number of nitrogens with zero attached hydrogens (tertiary/aromatic N) is 2. The van der Waals surface area contributed by atoms with Gasteiger partial charge in [-0.2, -0.15) is 0 Å². The Hall–Kier alpha value is -2.74. The zero-order valence-corrected chi connectivity index (χ0v) is 12.5. The lowest BCUT2D eigenvalue weighted by Crippen LogP contribution is -2.43. The molecule has 0 radical (unpaired) electrons. The molecule has 0 spiro atoms. The summed E-state index contributed by atoms with van der Waals surface area (Å²) in [7, 11) is 1.22. The highest BCUT2D eigenvalue weighted by Gasteiger charge is 2.48. The Labute approximate surface area is 128 Å². The van der Waals surface area contributed by atoms with Crippen molar-refractivity contribution in [3.63, 3.8) is 0 Å². The van der Waals surface area contributed by atoms with Gasteiger partial charge in [-0.3, -0.25) is 14.6 Å². The number of esters is 1. The summed E-state index contributed by atoms with van der Waals surface area (Å²) in [6.07, 6.45) is 1.69. The number of rotatable bonds is 5. The number of carbonyl (C=O) groups excluding carboxylic acids is 2. The van der Waals surface area contributed by atoms with Gasteiger partial charge in [0.25, 0.3) is 0 Å². The monoisotopic (exact) mass is 296 g/mol. The van der Waals surface area contributed by atoms with Crippen molar-refractivity contribution in [1.29, 1.82) is 0 Å². The maximum absolute atomic E-state index is 12.2. The Morgan fingerprint density at radius 3 is 2.68 bits per heavy atom. The van der Waals surface area contributed by atoms with Crippen LogP contribution in [0.3, 0.4) is 0 Å². The van der Waals surface area contributed by atoms with Gasteiger partial charge in [0.15, 0.2) is 5.78 Å². The van der Waals surface area contributed by atoms with E-state index in [0.717, 1.165) is 10.8 Å². The Kier molecular flexibility index (Phi) is 4.52. The van der Waals surface area contributed by atoms with Crippen LogP contribution < -0.4 is 0 Å². The number of aromatic nitrogens is 1. The van der Waals surface area contributed by atoms with E-state index in [9.17, 15) is 9.59 Å². The van der Waals surface area contributed by atoms with Crippen molar-refractivity contribution in [2.75, 3.05) is 13.7 Å². The summed E-state index contributed by atoms with van der Waals surface area (Å²) >= 11 is 0. The van der Waals surface area contributed by atoms with E-state index in [0.29, 0.717) is 5.69 Å². The molecule has 2 rings (SSSR count). The quantitative estimate of drug-likeness (QED) is 0.483. The van der Waals surface area contributed by atoms with Crippen LogP contribution in [0, 0.1) is 12.0 Å². The first-order valence-corrected chi connectivity index (χ1v) is 6.80. The molecule has 1 aromatic heterocycles. The fourth-order valence-corrected chi connectivity index (χ4v) is 2.51. The molecule has 0 N–H and O–H groups in total. The maximum Gasteiger partial charge on any atom is 0.327 e. The standard InChI is InChI=1S/C17H16N2O3/c1-12(20)17(11-18-2,16(21)22-3)10-15-14-7-5-4-6-13(14)8-9-19-15/h4-9H,10-11H2,1,3H3. The number of hydrogen-bond acceptors (Lipinski definition) is 4. The second-order valence-corrected chi connectivity index (χ2v) is 5.10. The van der Waals surface area contributed by atoms with Crippen LogP contribution in [0.25, 0.3) is 15.6 Å². The Morgan fingerprint density at radius 1 is 1.32 bits per heavy atom. The van der Waals surface area contributed by atoms with Gasteiger partial charge in [-0.1, -0.05) is 24.3 Å². The molecule has 1 unspecified atom stereocenters. The lowest BCUT2D eigenvalue weighted by molar-refractivity contribution is -0.156. The predicted molar refractivity (Wildman–Crippen MR) is 82.0 cm³/mol. The van der Waals surface area contributed by atoms with Crippen LogP contribution in [0.4, 0.5) is 0 Å². The van der Waals surface area contributed by atoms with E-state index in [4.69, 9.17) is 11.3 Å². The number of methoxy groups -OCH3 is 1. The third-order valence-electron chi connectivity index (χ3n) is 3.82. The summed E-state index contributed by atoms with van der Waals surface area (Å²) in [4.78, 5) is 31.9. The molecule has 112 valence electrons. The minimum Gasteiger partial charge on any atom is -0.468 e. The number of benzene rings is 1. The van der Waals surface area contributed by atoms with Crippen LogP contribution in [0.5, 0.6) is 0 Å². The van der Waals surface area contributed by atoms with Gasteiger partial charge in [-0.25, -0.2) is 6.57 Å². The van der Waals surface area contributed by atoms with Crippen molar-refractivity contribution >= 4 is 22.5 Å². The first-order chi connectivity index (χ1) is 10.5. The third kappa shape index (κ3) is 2.68. The SMILES string of the molecule is [C-]#[N+]CC(Cc1nccc2ccccc12)(C(C)=O)C(=O)OC. The van der Waals surface area contributed by atoms with E-state index >= 15 is 0 Å². The molecule has 1 heterocycles. The lowest BCUT2D eigenvalue weighted by Gasteiger charge is -2.23. The minimum absolute atomic E-state index is 0.0543. The molecule has 0 bridgehead atoms. The number of fused-ring (bicyclic) bond motifs is 1. The second kappa shape index (κ2) is 6.35. The predicted octanol–water partition coefficient (Wildman–Crippen LogP) is 2.44. The number of pyridine rings is 1. The second-order valence-electron chi connectivity index (χ2n) is 5.10. The maximum atomic E-state index is 12.2. The number of ether oxygens (including phenoxy) is 1. The van der Waals surface area contributed by atoms with Crippen molar-refractivity contribution in [1.82, 2.24) is 4.98 Å². The van der Waals surface area contributed by atoms with Gasteiger partial charge >= 0.3 is 5.97 Å². The highest BCUT2D eigenvalue weighted by atomic mass is 16.5. The van der Waals surface area contributed by atoms with Gasteiger partial charge in [0.2, 0.25) is 12.0 Å². The van der Waals surface area contributed by atoms with E-state index in [1.807, 2.05) is 30.3 Å². The largest absolute Gasteiger partial charge is 0.468 e. The smallest absolute Gasteiger partial charge is 0.327 e. The molecule has 0 aliphatic rings. The molecule has 5 nitrogen and oxygen atoms in total. The number of ketones is 1. The Balaban J connectivity index is 2.57. The molecule has 0 aliphatic heterocycles. The Morgan fingerprint density at radius 2 is 2.05 bits per heavy atom. The van der Waals surface area contributed by atoms with Crippen molar-refractivity contribution in [3.05, 3.63) is 53.6 Å². The van der Waals surface area contributed by atoms with Crippen LogP contribution in [0.2, 0.25) is 0 Å². The van der Waals surface area contributed by atoms with Crippen LogP contribution >= 0.6 is 0 Å². The van der Waals surface area contributed by atoms with Crippen molar-refractivity contribution in [2.45, 2.75) is 13.3 Å². The number of hydrogen-bond donors (Lipinski definition) is 0. The first kappa shape index (κ1) is 15.6. The number of Topliss-reactive ketones (excluding diaryl/α,β-unsaturated/α-hetero) is 1. The minimum atomic E-state index is -1.51. The summed E-state index contributed by atoms with van der Waals surface area (Å²) < 4.78 is 4.78. The molecule has 0 saturated carbocycles. The van der Waals surface area contributed by atoms with E-state index in [1.165, 1.54) is 14.0 Å². The van der Waals surface area contributed by atoms with Gasteiger partial charge in [-0.05, 0) is 18.4 Å². The van der Waals surface area contributed by atoms with Gasteiger partial charge in [0.1, 0.15) is 0 Å². The third-order valence-corrected chi connectivity index (χ3v) is 3.82. The van der Waals surface area contributed by atoms with Gasteiger partial charge in [0, 0.05) is 18.0 Å².